The SMILES string of the molecule is N#Cc1cccc(CN2CC[C@H](NS(=O)(=O)c3ccc4ccc(OCc5ccccc5)cc4c3)C2=O)c1. The van der Waals surface area contributed by atoms with E-state index >= 15 is 0 Å². The van der Waals surface area contributed by atoms with Crippen molar-refractivity contribution in [2.75, 3.05) is 6.54 Å². The molecule has 7 nitrogen and oxygen atoms in total. The zero-order valence-corrected chi connectivity index (χ0v) is 20.8. The van der Waals surface area contributed by atoms with Crippen molar-refractivity contribution in [3.8, 4) is 11.8 Å². The van der Waals surface area contributed by atoms with Gasteiger partial charge in [-0.05, 0) is 64.7 Å². The Kier molecular flexibility index (Phi) is 6.91. The Morgan fingerprint density at radius 1 is 0.919 bits per heavy atom. The Hall–Kier alpha value is -4.19. The van der Waals surface area contributed by atoms with Crippen LogP contribution in [0.15, 0.2) is 95.9 Å². The molecule has 5 rings (SSSR count). The van der Waals surface area contributed by atoms with Crippen molar-refractivity contribution in [1.29, 1.82) is 5.26 Å². The summed E-state index contributed by atoms with van der Waals surface area (Å²) < 4.78 is 34.8. The smallest absolute Gasteiger partial charge is 0.241 e. The standard InChI is InChI=1S/C29H25N3O4S/c30-18-22-7-4-8-23(15-22)19-32-14-13-28(29(32)33)31-37(34,35)27-12-10-24-9-11-26(16-25(24)17-27)36-20-21-5-2-1-3-6-21/h1-12,15-17,28,31H,13-14,19-20H2/t28-/m0/s1. The summed E-state index contributed by atoms with van der Waals surface area (Å²) in [6, 6.07) is 28.5. The summed E-state index contributed by atoms with van der Waals surface area (Å²) in [6.07, 6.45) is 0.376. The first-order valence-electron chi connectivity index (χ1n) is 11.9. The molecule has 0 unspecified atom stereocenters. The van der Waals surface area contributed by atoms with E-state index in [1.807, 2.05) is 54.6 Å². The minimum Gasteiger partial charge on any atom is -0.489 e. The van der Waals surface area contributed by atoms with Gasteiger partial charge in [-0.2, -0.15) is 9.98 Å². The summed E-state index contributed by atoms with van der Waals surface area (Å²) in [5.41, 5.74) is 2.39. The normalized spacial score (nSPS) is 15.6. The van der Waals surface area contributed by atoms with E-state index in [-0.39, 0.29) is 10.8 Å². The highest BCUT2D eigenvalue weighted by atomic mass is 32.2. The van der Waals surface area contributed by atoms with Crippen LogP contribution in [0.4, 0.5) is 0 Å². The van der Waals surface area contributed by atoms with Gasteiger partial charge in [0.15, 0.2) is 0 Å². The molecule has 0 saturated carbocycles. The summed E-state index contributed by atoms with van der Waals surface area (Å²) in [7, 11) is -3.92. The second kappa shape index (κ2) is 10.4. The van der Waals surface area contributed by atoms with Gasteiger partial charge in [-0.3, -0.25) is 4.79 Å². The van der Waals surface area contributed by atoms with Gasteiger partial charge in [-0.25, -0.2) is 8.42 Å². The lowest BCUT2D eigenvalue weighted by atomic mass is 10.1. The van der Waals surface area contributed by atoms with E-state index in [4.69, 9.17) is 10.00 Å². The molecule has 0 bridgehead atoms. The molecule has 1 atom stereocenters. The summed E-state index contributed by atoms with van der Waals surface area (Å²) in [5.74, 6) is 0.365. The quantitative estimate of drug-likeness (QED) is 0.379. The average molecular weight is 512 g/mol. The van der Waals surface area contributed by atoms with Gasteiger partial charge in [0.25, 0.3) is 0 Å². The Balaban J connectivity index is 1.28. The van der Waals surface area contributed by atoms with E-state index in [1.54, 1.807) is 41.3 Å². The van der Waals surface area contributed by atoms with E-state index in [1.165, 1.54) is 0 Å². The lowest BCUT2D eigenvalue weighted by molar-refractivity contribution is -0.129. The average Bonchev–Trinajstić information content (AvgIpc) is 3.25. The highest BCUT2D eigenvalue weighted by molar-refractivity contribution is 7.89. The van der Waals surface area contributed by atoms with Gasteiger partial charge in [0.05, 0.1) is 16.5 Å². The van der Waals surface area contributed by atoms with E-state index in [0.29, 0.717) is 37.4 Å². The lowest BCUT2D eigenvalue weighted by Gasteiger charge is -2.17. The van der Waals surface area contributed by atoms with Gasteiger partial charge in [0.2, 0.25) is 15.9 Å². The van der Waals surface area contributed by atoms with Gasteiger partial charge in [0.1, 0.15) is 18.4 Å². The number of nitrogens with zero attached hydrogens (tertiary/aromatic N) is 2. The van der Waals surface area contributed by atoms with Gasteiger partial charge < -0.3 is 9.64 Å². The first-order valence-corrected chi connectivity index (χ1v) is 13.4. The molecule has 4 aromatic rings. The molecule has 0 spiro atoms. The molecule has 1 aliphatic heterocycles. The fourth-order valence-corrected chi connectivity index (χ4v) is 5.68. The number of carbonyl (C=O) groups excluding carboxylic acids is 1. The third kappa shape index (κ3) is 5.64. The summed E-state index contributed by atoms with van der Waals surface area (Å²) >= 11 is 0. The number of nitrogens with one attached hydrogen (secondary N) is 1. The van der Waals surface area contributed by atoms with Crippen LogP contribution in [-0.4, -0.2) is 31.8 Å². The molecular weight excluding hydrogens is 486 g/mol. The maximum absolute atomic E-state index is 13.2. The van der Waals surface area contributed by atoms with Crippen molar-refractivity contribution < 1.29 is 17.9 Å². The van der Waals surface area contributed by atoms with Gasteiger partial charge in [0, 0.05) is 13.1 Å². The number of hydrogen-bond donors (Lipinski definition) is 1. The summed E-state index contributed by atoms with van der Waals surface area (Å²) in [4.78, 5) is 14.6. The highest BCUT2D eigenvalue weighted by Crippen LogP contribution is 2.25. The van der Waals surface area contributed by atoms with Gasteiger partial charge >= 0.3 is 0 Å². The fourth-order valence-electron chi connectivity index (χ4n) is 4.42. The number of hydrogen-bond acceptors (Lipinski definition) is 5. The molecule has 0 radical (unpaired) electrons. The second-order valence-electron chi connectivity index (χ2n) is 8.98. The predicted octanol–water partition coefficient (Wildman–Crippen LogP) is 4.37. The summed E-state index contributed by atoms with van der Waals surface area (Å²) in [5, 5.41) is 10.7. The summed E-state index contributed by atoms with van der Waals surface area (Å²) in [6.45, 7) is 1.17. The highest BCUT2D eigenvalue weighted by Gasteiger charge is 2.35. The van der Waals surface area contributed by atoms with Crippen molar-refractivity contribution in [2.45, 2.75) is 30.5 Å². The minimum absolute atomic E-state index is 0.0909. The lowest BCUT2D eigenvalue weighted by Crippen LogP contribution is -2.41. The first-order chi connectivity index (χ1) is 17.9. The van der Waals surface area contributed by atoms with Crippen LogP contribution < -0.4 is 9.46 Å². The van der Waals surface area contributed by atoms with Crippen LogP contribution in [0.5, 0.6) is 5.75 Å². The number of nitriles is 1. The number of carbonyl (C=O) groups is 1. The molecule has 1 saturated heterocycles. The predicted molar refractivity (Wildman–Crippen MR) is 140 cm³/mol. The van der Waals surface area contributed by atoms with E-state index in [9.17, 15) is 13.2 Å². The first kappa shape index (κ1) is 24.5. The Bertz CT molecular complexity index is 1600. The van der Waals surface area contributed by atoms with Crippen LogP contribution in [0.1, 0.15) is 23.1 Å². The van der Waals surface area contributed by atoms with Crippen molar-refractivity contribution in [1.82, 2.24) is 9.62 Å². The fraction of sp³-hybridized carbons (Fsp3) is 0.172. The van der Waals surface area contributed by atoms with Crippen molar-refractivity contribution in [3.05, 3.63) is 108 Å². The second-order valence-corrected chi connectivity index (χ2v) is 10.7. The topological polar surface area (TPSA) is 99.5 Å². The zero-order valence-electron chi connectivity index (χ0n) is 20.0. The van der Waals surface area contributed by atoms with Crippen LogP contribution in [0, 0.1) is 11.3 Å². The van der Waals surface area contributed by atoms with Gasteiger partial charge in [-0.1, -0.05) is 54.6 Å². The van der Waals surface area contributed by atoms with Crippen molar-refractivity contribution in [2.24, 2.45) is 0 Å². The van der Waals surface area contributed by atoms with E-state index in [0.717, 1.165) is 21.9 Å². The number of likely N-dealkylation sites (tertiary alicyclic amines) is 1. The van der Waals surface area contributed by atoms with Crippen molar-refractivity contribution in [3.63, 3.8) is 0 Å². The molecule has 1 heterocycles. The Morgan fingerprint density at radius 2 is 1.70 bits per heavy atom. The van der Waals surface area contributed by atoms with E-state index < -0.39 is 16.1 Å². The number of ether oxygens (including phenoxy) is 1. The third-order valence-electron chi connectivity index (χ3n) is 6.37. The van der Waals surface area contributed by atoms with Crippen LogP contribution in [0.3, 0.4) is 0 Å². The molecule has 0 aliphatic carbocycles. The maximum Gasteiger partial charge on any atom is 0.241 e. The van der Waals surface area contributed by atoms with Crippen molar-refractivity contribution >= 4 is 26.7 Å². The van der Waals surface area contributed by atoms with Crippen LogP contribution in [-0.2, 0) is 28.0 Å². The zero-order chi connectivity index (χ0) is 25.8. The number of benzene rings is 4. The molecule has 1 aliphatic rings. The maximum atomic E-state index is 13.2. The Morgan fingerprint density at radius 3 is 2.51 bits per heavy atom. The van der Waals surface area contributed by atoms with Crippen LogP contribution in [0.2, 0.25) is 0 Å². The number of sulfonamides is 1. The molecule has 1 fully saturated rings. The van der Waals surface area contributed by atoms with Crippen LogP contribution >= 0.6 is 0 Å². The molecule has 1 N–H and O–H groups in total. The number of fused-ring (bicyclic) bond motifs is 1. The number of amides is 1. The molecule has 4 aromatic carbocycles. The van der Waals surface area contributed by atoms with E-state index in [2.05, 4.69) is 10.8 Å². The van der Waals surface area contributed by atoms with Gasteiger partial charge in [-0.15, -0.1) is 0 Å². The molecule has 8 heteroatoms. The van der Waals surface area contributed by atoms with Crippen LogP contribution in [0.25, 0.3) is 10.8 Å². The molecule has 37 heavy (non-hydrogen) atoms. The third-order valence-corrected chi connectivity index (χ3v) is 7.84. The minimum atomic E-state index is -3.92. The molecule has 186 valence electrons. The number of rotatable bonds is 8. The molecule has 1 amide bonds. The largest absolute Gasteiger partial charge is 0.489 e. The Labute approximate surface area is 216 Å². The molecular formula is C29H25N3O4S. The monoisotopic (exact) mass is 511 g/mol. The molecule has 0 aromatic heterocycles.